The van der Waals surface area contributed by atoms with E-state index in [9.17, 15) is 14.7 Å². The van der Waals surface area contributed by atoms with Crippen molar-refractivity contribution in [2.45, 2.75) is 50.9 Å². The van der Waals surface area contributed by atoms with Crippen LogP contribution in [0.5, 0.6) is 0 Å². The molecule has 3 unspecified atom stereocenters. The summed E-state index contributed by atoms with van der Waals surface area (Å²) >= 11 is 5.78. The third kappa shape index (κ3) is 11.2. The first-order chi connectivity index (χ1) is 14.8. The number of hydrogen-bond donors (Lipinski definition) is 6. The van der Waals surface area contributed by atoms with Crippen molar-refractivity contribution < 1.29 is 14.7 Å². The highest BCUT2D eigenvalue weighted by molar-refractivity contribution is 7.98. The molecule has 31 heavy (non-hydrogen) atoms. The maximum atomic E-state index is 13.0. The van der Waals surface area contributed by atoms with E-state index in [1.807, 2.05) is 36.6 Å². The van der Waals surface area contributed by atoms with Crippen molar-refractivity contribution in [3.8, 4) is 0 Å². The van der Waals surface area contributed by atoms with Gasteiger partial charge in [-0.1, -0.05) is 44.2 Å². The lowest BCUT2D eigenvalue weighted by atomic mass is 10.0. The molecule has 9 heteroatoms. The number of carbonyl (C=O) groups excluding carboxylic acids is 1. The highest BCUT2D eigenvalue weighted by Crippen LogP contribution is 2.08. The third-order valence-corrected chi connectivity index (χ3v) is 6.20. The summed E-state index contributed by atoms with van der Waals surface area (Å²) in [6, 6.07) is 8.36. The maximum absolute atomic E-state index is 13.0. The molecule has 0 saturated carbocycles. The molecular formula is C22H38N4O3S2. The van der Waals surface area contributed by atoms with Crippen molar-refractivity contribution in [3.63, 3.8) is 0 Å². The molecule has 0 spiro atoms. The van der Waals surface area contributed by atoms with Gasteiger partial charge in [0.25, 0.3) is 0 Å². The summed E-state index contributed by atoms with van der Waals surface area (Å²) < 4.78 is 0. The molecule has 0 saturated heterocycles. The van der Waals surface area contributed by atoms with Crippen molar-refractivity contribution in [2.24, 2.45) is 11.7 Å². The molecule has 1 amide bonds. The van der Waals surface area contributed by atoms with Gasteiger partial charge in [-0.15, -0.1) is 0 Å². The second kappa shape index (κ2) is 15.5. The minimum Gasteiger partial charge on any atom is -0.480 e. The number of nitrogens with two attached hydrogens (primary N) is 1. The first-order valence-corrected chi connectivity index (χ1v) is 12.7. The van der Waals surface area contributed by atoms with Gasteiger partial charge < -0.3 is 26.8 Å². The van der Waals surface area contributed by atoms with E-state index in [-0.39, 0.29) is 18.0 Å². The Bertz CT molecular complexity index is 649. The summed E-state index contributed by atoms with van der Waals surface area (Å²) in [6.45, 7) is 5.42. The topological polar surface area (TPSA) is 116 Å². The van der Waals surface area contributed by atoms with Crippen molar-refractivity contribution in [1.29, 1.82) is 0 Å². The highest BCUT2D eigenvalue weighted by Gasteiger charge is 2.26. The van der Waals surface area contributed by atoms with E-state index in [1.165, 1.54) is 0 Å². The number of thioether (sulfide) groups is 1. The fourth-order valence-electron chi connectivity index (χ4n) is 3.05. The normalized spacial score (nSPS) is 15.3. The number of amides is 1. The molecule has 7 nitrogen and oxygen atoms in total. The summed E-state index contributed by atoms with van der Waals surface area (Å²) in [5.41, 5.74) is 6.98. The van der Waals surface area contributed by atoms with E-state index >= 15 is 0 Å². The smallest absolute Gasteiger partial charge is 0.326 e. The predicted octanol–water partition coefficient (Wildman–Crippen LogP) is 1.38. The predicted molar refractivity (Wildman–Crippen MR) is 133 cm³/mol. The Balaban J connectivity index is 2.86. The molecule has 0 fully saturated rings. The van der Waals surface area contributed by atoms with Gasteiger partial charge in [-0.2, -0.15) is 24.4 Å². The second-order valence-electron chi connectivity index (χ2n) is 8.03. The van der Waals surface area contributed by atoms with Crippen LogP contribution >= 0.6 is 24.4 Å². The molecule has 1 rings (SSSR count). The van der Waals surface area contributed by atoms with Crippen molar-refractivity contribution in [2.75, 3.05) is 30.9 Å². The molecule has 0 aliphatic heterocycles. The second-order valence-corrected chi connectivity index (χ2v) is 9.38. The van der Waals surface area contributed by atoms with Crippen LogP contribution in [0.15, 0.2) is 30.3 Å². The summed E-state index contributed by atoms with van der Waals surface area (Å²) in [6.07, 6.45) is 2.78. The summed E-state index contributed by atoms with van der Waals surface area (Å²) in [5, 5.41) is 19.0. The Morgan fingerprint density at radius 2 is 1.81 bits per heavy atom. The molecular weight excluding hydrogens is 432 g/mol. The van der Waals surface area contributed by atoms with Crippen LogP contribution in [-0.2, 0) is 16.0 Å². The standard InChI is InChI=1S/C22H38N4O3S2/c1-15(2)20(24-12-17(23)14-30)13-25-19(11-16-7-5-4-6-8-16)21(27)26-18(22(28)29)9-10-31-3/h4-8,15,17-20,24-25,30H,9-14,23H2,1-3H3,(H,26,27)(H,28,29)/t17-,18?,19?,20?/m0/s1. The number of rotatable bonds is 16. The first kappa shape index (κ1) is 27.8. The number of carboxylic acid groups (broad SMARTS) is 1. The van der Waals surface area contributed by atoms with Gasteiger partial charge in [-0.3, -0.25) is 4.79 Å². The minimum absolute atomic E-state index is 0.0410. The molecule has 0 bridgehead atoms. The van der Waals surface area contributed by atoms with E-state index in [4.69, 9.17) is 5.73 Å². The van der Waals surface area contributed by atoms with Crippen LogP contribution in [0.4, 0.5) is 0 Å². The fourth-order valence-corrected chi connectivity index (χ4v) is 3.65. The largest absolute Gasteiger partial charge is 0.480 e. The zero-order valence-electron chi connectivity index (χ0n) is 18.7. The van der Waals surface area contributed by atoms with Crippen LogP contribution in [0.2, 0.25) is 0 Å². The van der Waals surface area contributed by atoms with Gasteiger partial charge in [0.15, 0.2) is 0 Å². The number of nitrogens with one attached hydrogen (secondary N) is 3. The van der Waals surface area contributed by atoms with E-state index in [0.29, 0.717) is 43.4 Å². The van der Waals surface area contributed by atoms with Crippen LogP contribution in [0, 0.1) is 5.92 Å². The minimum atomic E-state index is -1.01. The Morgan fingerprint density at radius 1 is 1.13 bits per heavy atom. The molecule has 0 aliphatic carbocycles. The Hall–Kier alpha value is -1.26. The zero-order chi connectivity index (χ0) is 23.2. The van der Waals surface area contributed by atoms with Crippen molar-refractivity contribution in [1.82, 2.24) is 16.0 Å². The number of thiol groups is 1. The van der Waals surface area contributed by atoms with Gasteiger partial charge in [0, 0.05) is 30.9 Å². The number of carboxylic acids is 1. The van der Waals surface area contributed by atoms with Gasteiger partial charge in [0.1, 0.15) is 6.04 Å². The Labute approximate surface area is 196 Å². The van der Waals surface area contributed by atoms with E-state index in [2.05, 4.69) is 42.4 Å². The fraction of sp³-hybridized carbons (Fsp3) is 0.636. The zero-order valence-corrected chi connectivity index (χ0v) is 20.4. The van der Waals surface area contributed by atoms with Crippen molar-refractivity contribution in [3.05, 3.63) is 35.9 Å². The van der Waals surface area contributed by atoms with Crippen LogP contribution in [0.25, 0.3) is 0 Å². The Morgan fingerprint density at radius 3 is 2.35 bits per heavy atom. The lowest BCUT2D eigenvalue weighted by molar-refractivity contribution is -0.142. The first-order valence-electron chi connectivity index (χ1n) is 10.7. The van der Waals surface area contributed by atoms with Crippen LogP contribution in [0.1, 0.15) is 25.8 Å². The summed E-state index contributed by atoms with van der Waals surface area (Å²) in [4.78, 5) is 24.6. The van der Waals surface area contributed by atoms with E-state index in [0.717, 1.165) is 5.56 Å². The number of aliphatic carboxylic acids is 1. The molecule has 0 aromatic heterocycles. The van der Waals surface area contributed by atoms with Crippen LogP contribution < -0.4 is 21.7 Å². The average molecular weight is 471 g/mol. The quantitative estimate of drug-likeness (QED) is 0.202. The van der Waals surface area contributed by atoms with Gasteiger partial charge in [-0.05, 0) is 36.3 Å². The van der Waals surface area contributed by atoms with Crippen LogP contribution in [0.3, 0.4) is 0 Å². The van der Waals surface area contributed by atoms with Crippen LogP contribution in [-0.4, -0.2) is 72.0 Å². The monoisotopic (exact) mass is 470 g/mol. The van der Waals surface area contributed by atoms with Gasteiger partial charge in [-0.25, -0.2) is 4.79 Å². The lowest BCUT2D eigenvalue weighted by Crippen LogP contribution is -2.55. The van der Waals surface area contributed by atoms with Gasteiger partial charge >= 0.3 is 5.97 Å². The number of hydrogen-bond acceptors (Lipinski definition) is 7. The molecule has 1 aromatic carbocycles. The maximum Gasteiger partial charge on any atom is 0.326 e. The molecule has 1 aromatic rings. The third-order valence-electron chi connectivity index (χ3n) is 5.09. The average Bonchev–Trinajstić information content (AvgIpc) is 2.75. The van der Waals surface area contributed by atoms with Crippen molar-refractivity contribution >= 4 is 36.3 Å². The van der Waals surface area contributed by atoms with E-state index < -0.39 is 18.1 Å². The molecule has 0 heterocycles. The lowest BCUT2D eigenvalue weighted by Gasteiger charge is -2.28. The molecule has 0 aliphatic rings. The SMILES string of the molecule is CSCCC(NC(=O)C(Cc1ccccc1)NCC(NC[C@H](N)CS)C(C)C)C(=O)O. The molecule has 0 radical (unpaired) electrons. The Kier molecular flexibility index (Phi) is 13.9. The van der Waals surface area contributed by atoms with E-state index in [1.54, 1.807) is 11.8 Å². The number of benzene rings is 1. The summed E-state index contributed by atoms with van der Waals surface area (Å²) in [7, 11) is 0. The highest BCUT2D eigenvalue weighted by atomic mass is 32.2. The molecule has 176 valence electrons. The number of carbonyl (C=O) groups is 2. The van der Waals surface area contributed by atoms with Gasteiger partial charge in [0.05, 0.1) is 6.04 Å². The molecule has 6 N–H and O–H groups in total. The summed E-state index contributed by atoms with van der Waals surface area (Å²) in [5.74, 6) is 0.277. The molecule has 4 atom stereocenters. The van der Waals surface area contributed by atoms with Gasteiger partial charge in [0.2, 0.25) is 5.91 Å².